The predicted octanol–water partition coefficient (Wildman–Crippen LogP) is 3.55. The van der Waals surface area contributed by atoms with E-state index >= 15 is 0 Å². The van der Waals surface area contributed by atoms with Gasteiger partial charge in [-0.1, -0.05) is 41.7 Å². The number of anilines is 1. The molecular weight excluding hydrogens is 394 g/mol. The zero-order valence-corrected chi connectivity index (χ0v) is 18.3. The Bertz CT molecular complexity index is 919. The van der Waals surface area contributed by atoms with Gasteiger partial charge in [-0.25, -0.2) is 9.97 Å². The summed E-state index contributed by atoms with van der Waals surface area (Å²) in [6.07, 6.45) is 4.53. The monoisotopic (exact) mass is 423 g/mol. The normalized spacial score (nSPS) is 15.1. The predicted molar refractivity (Wildman–Crippen MR) is 123 cm³/mol. The highest BCUT2D eigenvalue weighted by Gasteiger charge is 2.26. The van der Waals surface area contributed by atoms with Gasteiger partial charge in [0.05, 0.1) is 0 Å². The van der Waals surface area contributed by atoms with E-state index in [1.165, 1.54) is 5.56 Å². The SMILES string of the molecule is CN(CCCNC(=O)C1CCN(c2nc3cccnc3s2)CC1)Cc1ccccc1. The molecule has 0 saturated carbocycles. The topological polar surface area (TPSA) is 61.4 Å². The Hall–Kier alpha value is -2.51. The van der Waals surface area contributed by atoms with E-state index < -0.39 is 0 Å². The van der Waals surface area contributed by atoms with Crippen LogP contribution < -0.4 is 10.2 Å². The van der Waals surface area contributed by atoms with Crippen LogP contribution in [0.25, 0.3) is 10.3 Å². The minimum atomic E-state index is 0.107. The Kier molecular flexibility index (Phi) is 6.92. The number of hydrogen-bond acceptors (Lipinski definition) is 6. The first-order chi connectivity index (χ1) is 14.7. The van der Waals surface area contributed by atoms with Gasteiger partial charge in [0.25, 0.3) is 0 Å². The fraction of sp³-hybridized carbons (Fsp3) is 0.435. The van der Waals surface area contributed by atoms with Gasteiger partial charge in [0.1, 0.15) is 10.3 Å². The number of pyridine rings is 1. The number of benzene rings is 1. The minimum absolute atomic E-state index is 0.107. The molecule has 158 valence electrons. The zero-order chi connectivity index (χ0) is 20.8. The number of hydrogen-bond donors (Lipinski definition) is 1. The largest absolute Gasteiger partial charge is 0.356 e. The van der Waals surface area contributed by atoms with Gasteiger partial charge in [-0.15, -0.1) is 0 Å². The smallest absolute Gasteiger partial charge is 0.223 e. The average molecular weight is 424 g/mol. The molecule has 1 aliphatic rings. The third kappa shape index (κ3) is 5.34. The highest BCUT2D eigenvalue weighted by atomic mass is 32.1. The average Bonchev–Trinajstić information content (AvgIpc) is 3.22. The number of piperidine rings is 1. The van der Waals surface area contributed by atoms with Gasteiger partial charge < -0.3 is 15.1 Å². The van der Waals surface area contributed by atoms with Crippen molar-refractivity contribution in [3.63, 3.8) is 0 Å². The van der Waals surface area contributed by atoms with Crippen LogP contribution in [0.3, 0.4) is 0 Å². The van der Waals surface area contributed by atoms with Crippen LogP contribution in [0, 0.1) is 5.92 Å². The van der Waals surface area contributed by atoms with Crippen LogP contribution in [0.2, 0.25) is 0 Å². The van der Waals surface area contributed by atoms with E-state index in [4.69, 9.17) is 4.98 Å². The van der Waals surface area contributed by atoms with Crippen LogP contribution in [0.5, 0.6) is 0 Å². The fourth-order valence-electron chi connectivity index (χ4n) is 3.91. The summed E-state index contributed by atoms with van der Waals surface area (Å²) >= 11 is 1.63. The van der Waals surface area contributed by atoms with Gasteiger partial charge in [0.2, 0.25) is 5.91 Å². The van der Waals surface area contributed by atoms with Gasteiger partial charge in [-0.3, -0.25) is 4.79 Å². The summed E-state index contributed by atoms with van der Waals surface area (Å²) in [6.45, 7) is 4.39. The quantitative estimate of drug-likeness (QED) is 0.562. The van der Waals surface area contributed by atoms with E-state index in [9.17, 15) is 4.79 Å². The maximum Gasteiger partial charge on any atom is 0.223 e. The van der Waals surface area contributed by atoms with Gasteiger partial charge in [0, 0.05) is 38.3 Å². The van der Waals surface area contributed by atoms with Crippen molar-refractivity contribution in [3.8, 4) is 0 Å². The summed E-state index contributed by atoms with van der Waals surface area (Å²) in [5.74, 6) is 0.308. The first-order valence-corrected chi connectivity index (χ1v) is 11.5. The Morgan fingerprint density at radius 3 is 2.77 bits per heavy atom. The second-order valence-electron chi connectivity index (χ2n) is 7.95. The molecule has 0 atom stereocenters. The molecule has 1 aliphatic heterocycles. The van der Waals surface area contributed by atoms with Crippen LogP contribution in [0.4, 0.5) is 5.13 Å². The molecule has 2 aromatic heterocycles. The molecule has 30 heavy (non-hydrogen) atoms. The molecule has 1 fully saturated rings. The second-order valence-corrected chi connectivity index (χ2v) is 8.91. The number of carbonyl (C=O) groups excluding carboxylic acids is 1. The summed E-state index contributed by atoms with van der Waals surface area (Å²) in [5, 5.41) is 4.16. The third-order valence-corrected chi connectivity index (χ3v) is 6.64. The molecule has 1 aromatic carbocycles. The Morgan fingerprint density at radius 2 is 2.00 bits per heavy atom. The molecule has 1 saturated heterocycles. The van der Waals surface area contributed by atoms with Gasteiger partial charge in [-0.05, 0) is 50.6 Å². The number of aromatic nitrogens is 2. The number of fused-ring (bicyclic) bond motifs is 1. The number of carbonyl (C=O) groups is 1. The van der Waals surface area contributed by atoms with Crippen molar-refractivity contribution < 1.29 is 4.79 Å². The van der Waals surface area contributed by atoms with Crippen molar-refractivity contribution in [2.24, 2.45) is 5.92 Å². The van der Waals surface area contributed by atoms with E-state index in [2.05, 4.69) is 51.4 Å². The minimum Gasteiger partial charge on any atom is -0.356 e. The van der Waals surface area contributed by atoms with Gasteiger partial charge in [0.15, 0.2) is 5.13 Å². The maximum absolute atomic E-state index is 12.6. The van der Waals surface area contributed by atoms with Crippen molar-refractivity contribution in [1.82, 2.24) is 20.2 Å². The summed E-state index contributed by atoms with van der Waals surface area (Å²) in [7, 11) is 2.13. The van der Waals surface area contributed by atoms with E-state index in [1.807, 2.05) is 18.2 Å². The molecule has 0 spiro atoms. The lowest BCUT2D eigenvalue weighted by Gasteiger charge is -2.31. The Balaban J connectivity index is 1.16. The number of rotatable bonds is 8. The van der Waals surface area contributed by atoms with Crippen LogP contribution >= 0.6 is 11.3 Å². The van der Waals surface area contributed by atoms with Crippen molar-refractivity contribution in [1.29, 1.82) is 0 Å². The molecule has 0 unspecified atom stereocenters. The first kappa shape index (κ1) is 20.8. The summed E-state index contributed by atoms with van der Waals surface area (Å²) < 4.78 is 0. The number of nitrogens with zero attached hydrogens (tertiary/aromatic N) is 4. The van der Waals surface area contributed by atoms with E-state index in [-0.39, 0.29) is 11.8 Å². The first-order valence-electron chi connectivity index (χ1n) is 10.7. The Labute approximate surface area is 181 Å². The summed E-state index contributed by atoms with van der Waals surface area (Å²) in [4.78, 5) is 27.2. The van der Waals surface area contributed by atoms with Crippen LogP contribution in [-0.2, 0) is 11.3 Å². The number of thiazole rings is 1. The molecule has 3 heterocycles. The highest BCUT2D eigenvalue weighted by Crippen LogP contribution is 2.30. The zero-order valence-electron chi connectivity index (χ0n) is 17.5. The van der Waals surface area contributed by atoms with Gasteiger partial charge in [-0.2, -0.15) is 0 Å². The third-order valence-electron chi connectivity index (χ3n) is 5.60. The molecule has 3 aromatic rings. The van der Waals surface area contributed by atoms with E-state index in [0.717, 1.165) is 67.5 Å². The lowest BCUT2D eigenvalue weighted by molar-refractivity contribution is -0.125. The summed E-state index contributed by atoms with van der Waals surface area (Å²) in [5.41, 5.74) is 2.27. The van der Waals surface area contributed by atoms with E-state index in [1.54, 1.807) is 17.5 Å². The number of nitrogens with one attached hydrogen (secondary N) is 1. The lowest BCUT2D eigenvalue weighted by Crippen LogP contribution is -2.41. The molecule has 7 heteroatoms. The van der Waals surface area contributed by atoms with Crippen LogP contribution in [0.15, 0.2) is 48.7 Å². The van der Waals surface area contributed by atoms with Crippen molar-refractivity contribution in [2.75, 3.05) is 38.1 Å². The standard InChI is InChI=1S/C23H29N5OS/c1-27(17-18-7-3-2-4-8-18)14-6-13-24-21(29)19-10-15-28(16-11-19)23-26-20-9-5-12-25-22(20)30-23/h2-5,7-9,12,19H,6,10-11,13-17H2,1H3,(H,24,29). The molecule has 1 N–H and O–H groups in total. The Morgan fingerprint density at radius 1 is 1.20 bits per heavy atom. The van der Waals surface area contributed by atoms with Crippen LogP contribution in [0.1, 0.15) is 24.8 Å². The van der Waals surface area contributed by atoms with Crippen molar-refractivity contribution in [3.05, 3.63) is 54.2 Å². The molecule has 1 amide bonds. The maximum atomic E-state index is 12.6. The van der Waals surface area contributed by atoms with Gasteiger partial charge >= 0.3 is 0 Å². The second kappa shape index (κ2) is 10.00. The molecule has 0 aliphatic carbocycles. The van der Waals surface area contributed by atoms with E-state index in [0.29, 0.717) is 0 Å². The lowest BCUT2D eigenvalue weighted by atomic mass is 9.96. The molecule has 0 radical (unpaired) electrons. The fourth-order valence-corrected chi connectivity index (χ4v) is 4.87. The van der Waals surface area contributed by atoms with Crippen molar-refractivity contribution in [2.45, 2.75) is 25.8 Å². The van der Waals surface area contributed by atoms with Crippen LogP contribution in [-0.4, -0.2) is 54.0 Å². The van der Waals surface area contributed by atoms with Crippen molar-refractivity contribution >= 4 is 32.7 Å². The molecular formula is C23H29N5OS. The highest BCUT2D eigenvalue weighted by molar-refractivity contribution is 7.21. The molecule has 6 nitrogen and oxygen atoms in total. The number of amides is 1. The molecule has 0 bridgehead atoms. The molecule has 4 rings (SSSR count). The summed E-state index contributed by atoms with van der Waals surface area (Å²) in [6, 6.07) is 14.4.